The van der Waals surface area contributed by atoms with Gasteiger partial charge < -0.3 is 4.74 Å². The Labute approximate surface area is 92.4 Å². The van der Waals surface area contributed by atoms with E-state index < -0.39 is 0 Å². The van der Waals surface area contributed by atoms with Gasteiger partial charge in [-0.25, -0.2) is 0 Å². The van der Waals surface area contributed by atoms with Crippen molar-refractivity contribution in [2.75, 3.05) is 7.11 Å². The van der Waals surface area contributed by atoms with Gasteiger partial charge in [0.15, 0.2) is 6.29 Å². The number of aldehydes is 1. The van der Waals surface area contributed by atoms with Crippen LogP contribution in [0.4, 0.5) is 0 Å². The number of methoxy groups -OCH3 is 1. The molecule has 0 spiro atoms. The van der Waals surface area contributed by atoms with Crippen LogP contribution in [0.3, 0.4) is 0 Å². The summed E-state index contributed by atoms with van der Waals surface area (Å²) < 4.78 is 5.11. The minimum absolute atomic E-state index is 0.491. The number of fused-ring (bicyclic) bond motifs is 1. The fourth-order valence-electron chi connectivity index (χ4n) is 1.50. The monoisotopic (exact) mass is 220 g/mol. The highest BCUT2D eigenvalue weighted by Crippen LogP contribution is 2.29. The van der Waals surface area contributed by atoms with E-state index in [1.807, 2.05) is 24.3 Å². The maximum absolute atomic E-state index is 10.7. The van der Waals surface area contributed by atoms with Gasteiger partial charge in [-0.1, -0.05) is 17.7 Å². The molecule has 0 radical (unpaired) electrons. The van der Waals surface area contributed by atoms with E-state index in [9.17, 15) is 4.79 Å². The first kappa shape index (κ1) is 9.99. The Hall–Kier alpha value is -1.54. The smallest absolute Gasteiger partial charge is 0.151 e. The van der Waals surface area contributed by atoms with Crippen molar-refractivity contribution < 1.29 is 9.53 Å². The van der Waals surface area contributed by atoms with E-state index in [0.29, 0.717) is 10.6 Å². The number of hydrogen-bond donors (Lipinski definition) is 0. The molecular weight excluding hydrogens is 212 g/mol. The summed E-state index contributed by atoms with van der Waals surface area (Å²) in [5, 5.41) is 2.32. The quantitative estimate of drug-likeness (QED) is 0.726. The van der Waals surface area contributed by atoms with Crippen molar-refractivity contribution in [1.29, 1.82) is 0 Å². The van der Waals surface area contributed by atoms with Crippen molar-refractivity contribution in [2.45, 2.75) is 0 Å². The van der Waals surface area contributed by atoms with Crippen LogP contribution in [0.1, 0.15) is 10.4 Å². The highest BCUT2D eigenvalue weighted by Gasteiger charge is 2.05. The van der Waals surface area contributed by atoms with Gasteiger partial charge in [0.2, 0.25) is 0 Å². The molecule has 0 atom stereocenters. The number of benzene rings is 2. The zero-order valence-corrected chi connectivity index (χ0v) is 8.91. The van der Waals surface area contributed by atoms with E-state index in [2.05, 4.69) is 0 Å². The van der Waals surface area contributed by atoms with Crippen LogP contribution >= 0.6 is 11.6 Å². The average Bonchev–Trinajstić information content (AvgIpc) is 2.29. The molecule has 2 nitrogen and oxygen atoms in total. The second-order valence-corrected chi connectivity index (χ2v) is 3.55. The first-order chi connectivity index (χ1) is 7.26. The Morgan fingerprint density at radius 3 is 2.73 bits per heavy atom. The summed E-state index contributed by atoms with van der Waals surface area (Å²) >= 11 is 6.07. The van der Waals surface area contributed by atoms with Gasteiger partial charge in [-0.05, 0) is 29.7 Å². The second-order valence-electron chi connectivity index (χ2n) is 3.17. The lowest BCUT2D eigenvalue weighted by Gasteiger charge is -2.05. The van der Waals surface area contributed by atoms with E-state index in [-0.39, 0.29) is 0 Å². The van der Waals surface area contributed by atoms with Gasteiger partial charge in [0.25, 0.3) is 0 Å². The molecule has 2 rings (SSSR count). The molecule has 0 bridgehead atoms. The molecule has 0 unspecified atom stereocenters. The number of carbonyl (C=O) groups excluding carboxylic acids is 1. The number of halogens is 1. The average molecular weight is 221 g/mol. The molecule has 76 valence electrons. The fraction of sp³-hybridized carbons (Fsp3) is 0.0833. The van der Waals surface area contributed by atoms with Crippen LogP contribution in [0.25, 0.3) is 10.8 Å². The Balaban J connectivity index is 2.73. The lowest BCUT2D eigenvalue weighted by atomic mass is 10.1. The fourth-order valence-corrected chi connectivity index (χ4v) is 1.78. The van der Waals surface area contributed by atoms with Crippen molar-refractivity contribution in [3.8, 4) is 5.75 Å². The largest absolute Gasteiger partial charge is 0.497 e. The summed E-state index contributed by atoms with van der Waals surface area (Å²) in [6, 6.07) is 9.12. The van der Waals surface area contributed by atoms with Crippen molar-refractivity contribution in [2.24, 2.45) is 0 Å². The van der Waals surface area contributed by atoms with Crippen molar-refractivity contribution in [1.82, 2.24) is 0 Å². The Kier molecular flexibility index (Phi) is 2.60. The SMILES string of the molecule is COc1ccc2c(Cl)c(C=O)ccc2c1. The highest BCUT2D eigenvalue weighted by molar-refractivity contribution is 6.37. The van der Waals surface area contributed by atoms with Crippen LogP contribution < -0.4 is 4.74 Å². The zero-order chi connectivity index (χ0) is 10.8. The number of rotatable bonds is 2. The third-order valence-corrected chi connectivity index (χ3v) is 2.74. The molecule has 0 saturated carbocycles. The van der Waals surface area contributed by atoms with Gasteiger partial charge >= 0.3 is 0 Å². The van der Waals surface area contributed by atoms with Crippen LogP contribution in [0.5, 0.6) is 5.75 Å². The number of ether oxygens (including phenoxy) is 1. The first-order valence-corrected chi connectivity index (χ1v) is 4.85. The molecule has 0 aliphatic rings. The van der Waals surface area contributed by atoms with Gasteiger partial charge in [0.05, 0.1) is 12.1 Å². The van der Waals surface area contributed by atoms with E-state index in [1.165, 1.54) is 0 Å². The second kappa shape index (κ2) is 3.91. The summed E-state index contributed by atoms with van der Waals surface area (Å²) in [5.41, 5.74) is 0.509. The molecule has 2 aromatic carbocycles. The number of hydrogen-bond acceptors (Lipinski definition) is 2. The van der Waals surface area contributed by atoms with Gasteiger partial charge in [-0.15, -0.1) is 0 Å². The molecule has 0 fully saturated rings. The van der Waals surface area contributed by atoms with Crippen molar-refractivity contribution in [3.63, 3.8) is 0 Å². The molecular formula is C12H9ClO2. The molecule has 0 N–H and O–H groups in total. The van der Waals surface area contributed by atoms with Crippen LogP contribution in [0.2, 0.25) is 5.02 Å². The third kappa shape index (κ3) is 1.68. The van der Waals surface area contributed by atoms with Crippen LogP contribution in [0.15, 0.2) is 30.3 Å². The zero-order valence-electron chi connectivity index (χ0n) is 8.16. The summed E-state index contributed by atoms with van der Waals surface area (Å²) in [7, 11) is 1.61. The predicted octanol–water partition coefficient (Wildman–Crippen LogP) is 3.31. The van der Waals surface area contributed by atoms with Gasteiger partial charge in [-0.3, -0.25) is 4.79 Å². The summed E-state index contributed by atoms with van der Waals surface area (Å²) in [6.45, 7) is 0. The molecule has 0 heterocycles. The van der Waals surface area contributed by atoms with Crippen molar-refractivity contribution in [3.05, 3.63) is 40.9 Å². The van der Waals surface area contributed by atoms with E-state index in [0.717, 1.165) is 22.8 Å². The van der Waals surface area contributed by atoms with Crippen molar-refractivity contribution >= 4 is 28.7 Å². The Morgan fingerprint density at radius 2 is 2.07 bits per heavy atom. The minimum atomic E-state index is 0.491. The molecule has 0 aromatic heterocycles. The maximum atomic E-state index is 10.7. The molecule has 0 aliphatic heterocycles. The maximum Gasteiger partial charge on any atom is 0.151 e. The number of carbonyl (C=O) groups is 1. The standard InChI is InChI=1S/C12H9ClO2/c1-15-10-4-5-11-8(6-10)2-3-9(7-14)12(11)13/h2-7H,1H3. The minimum Gasteiger partial charge on any atom is -0.497 e. The van der Waals surface area contributed by atoms with Crippen LogP contribution in [0, 0.1) is 0 Å². The topological polar surface area (TPSA) is 26.3 Å². The normalized spacial score (nSPS) is 10.3. The molecule has 0 saturated heterocycles. The van der Waals surface area contributed by atoms with E-state index in [1.54, 1.807) is 13.2 Å². The Bertz CT molecular complexity index is 520. The highest BCUT2D eigenvalue weighted by atomic mass is 35.5. The third-order valence-electron chi connectivity index (χ3n) is 2.32. The molecule has 2 aromatic rings. The van der Waals surface area contributed by atoms with Crippen LogP contribution in [-0.2, 0) is 0 Å². The first-order valence-electron chi connectivity index (χ1n) is 4.47. The summed E-state index contributed by atoms with van der Waals surface area (Å²) in [6.07, 6.45) is 0.756. The molecule has 0 aliphatic carbocycles. The van der Waals surface area contributed by atoms with Crippen LogP contribution in [-0.4, -0.2) is 13.4 Å². The lowest BCUT2D eigenvalue weighted by molar-refractivity contribution is 0.112. The molecule has 0 amide bonds. The summed E-state index contributed by atoms with van der Waals surface area (Å²) in [5.74, 6) is 0.775. The summed E-state index contributed by atoms with van der Waals surface area (Å²) in [4.78, 5) is 10.7. The van der Waals surface area contributed by atoms with Gasteiger partial charge in [0.1, 0.15) is 5.75 Å². The lowest BCUT2D eigenvalue weighted by Crippen LogP contribution is -1.86. The predicted molar refractivity (Wildman–Crippen MR) is 60.9 cm³/mol. The molecule has 3 heteroatoms. The Morgan fingerprint density at radius 1 is 1.27 bits per heavy atom. The van der Waals surface area contributed by atoms with E-state index >= 15 is 0 Å². The van der Waals surface area contributed by atoms with Gasteiger partial charge in [0, 0.05) is 10.9 Å². The van der Waals surface area contributed by atoms with E-state index in [4.69, 9.17) is 16.3 Å². The molecule has 15 heavy (non-hydrogen) atoms. The van der Waals surface area contributed by atoms with Gasteiger partial charge in [-0.2, -0.15) is 0 Å².